The number of rotatable bonds is 3. The van der Waals surface area contributed by atoms with Crippen LogP contribution in [0.1, 0.15) is 96.9 Å². The van der Waals surface area contributed by atoms with Gasteiger partial charge in [0.1, 0.15) is 5.54 Å². The summed E-state index contributed by atoms with van der Waals surface area (Å²) in [5, 5.41) is 2.70. The number of carbonyl (C=O) groups excluding carboxylic acids is 2. The minimum Gasteiger partial charge on any atom is -0.323 e. The fraction of sp³-hybridized carbons (Fsp3) is 0.677. The van der Waals surface area contributed by atoms with Crippen LogP contribution in [0.25, 0.3) is 11.0 Å². The predicted octanol–water partition coefficient (Wildman–Crippen LogP) is 5.15. The van der Waals surface area contributed by atoms with Crippen molar-refractivity contribution in [2.45, 2.75) is 121 Å². The number of imide groups is 1. The summed E-state index contributed by atoms with van der Waals surface area (Å²) >= 11 is 0. The molecule has 3 aliphatic heterocycles. The molecule has 3 saturated heterocycles. The molecule has 0 radical (unpaired) electrons. The Bertz CT molecular complexity index is 1340. The lowest BCUT2D eigenvalue weighted by Gasteiger charge is -2.54. The minimum absolute atomic E-state index is 0.0235. The molecule has 0 unspecified atom stereocenters. The first-order valence-corrected chi connectivity index (χ1v) is 15.3. The number of aromatic nitrogens is 2. The van der Waals surface area contributed by atoms with E-state index in [4.69, 9.17) is 0 Å². The van der Waals surface area contributed by atoms with Crippen molar-refractivity contribution < 1.29 is 9.59 Å². The molecule has 2 saturated carbocycles. The maximum absolute atomic E-state index is 14.2. The summed E-state index contributed by atoms with van der Waals surface area (Å²) in [7, 11) is 0. The van der Waals surface area contributed by atoms with Gasteiger partial charge in [-0.25, -0.2) is 14.7 Å². The second-order valence-corrected chi connectivity index (χ2v) is 13.5. The van der Waals surface area contributed by atoms with Crippen molar-refractivity contribution in [3.8, 4) is 0 Å². The number of nitrogens with one attached hydrogen (secondary N) is 1. The lowest BCUT2D eigenvalue weighted by molar-refractivity contribution is -0.121. The third-order valence-electron chi connectivity index (χ3n) is 10.5. The number of benzene rings is 1. The average Bonchev–Trinajstić information content (AvgIpc) is 3.00. The molecule has 1 aromatic heterocycles. The van der Waals surface area contributed by atoms with E-state index in [-0.39, 0.29) is 17.4 Å². The molecule has 1 N–H and O–H groups in total. The SMILES string of the molecule is CC1(C)NC(=O)N(c2nc3ccccc3n([C@@H]3C[C@H]4CCC[C@@H](C3)N4[C@@H]3C[C@@H]4CCCC[C@@H](C4)C3)c2=O)C1=O. The van der Waals surface area contributed by atoms with Gasteiger partial charge in [-0.05, 0) is 82.8 Å². The number of amides is 3. The Morgan fingerprint density at radius 2 is 1.46 bits per heavy atom. The Morgan fingerprint density at radius 3 is 2.10 bits per heavy atom. The molecule has 6 atom stereocenters. The molecule has 39 heavy (non-hydrogen) atoms. The van der Waals surface area contributed by atoms with Crippen LogP contribution in [-0.4, -0.2) is 50.1 Å². The van der Waals surface area contributed by atoms with Crippen molar-refractivity contribution >= 4 is 28.8 Å². The summed E-state index contributed by atoms with van der Waals surface area (Å²) in [5.74, 6) is 1.25. The highest BCUT2D eigenvalue weighted by molar-refractivity contribution is 6.22. The van der Waals surface area contributed by atoms with Crippen LogP contribution in [0.2, 0.25) is 0 Å². The molecule has 5 aliphatic rings. The fourth-order valence-corrected chi connectivity index (χ4v) is 8.90. The van der Waals surface area contributed by atoms with Crippen molar-refractivity contribution in [1.29, 1.82) is 0 Å². The van der Waals surface area contributed by atoms with Gasteiger partial charge in [-0.1, -0.05) is 44.2 Å². The van der Waals surface area contributed by atoms with Crippen molar-refractivity contribution in [2.75, 3.05) is 4.90 Å². The van der Waals surface area contributed by atoms with Crippen LogP contribution >= 0.6 is 0 Å². The molecule has 4 bridgehead atoms. The number of carbonyl (C=O) groups is 2. The molecule has 5 fully saturated rings. The zero-order valence-corrected chi connectivity index (χ0v) is 23.3. The highest BCUT2D eigenvalue weighted by Gasteiger charge is 2.48. The van der Waals surface area contributed by atoms with Gasteiger partial charge >= 0.3 is 6.03 Å². The molecule has 1 aromatic carbocycles. The number of para-hydroxylation sites is 2. The number of anilines is 1. The van der Waals surface area contributed by atoms with Crippen LogP contribution in [0, 0.1) is 11.8 Å². The molecule has 7 rings (SSSR count). The Kier molecular flexibility index (Phi) is 6.10. The molecule has 8 nitrogen and oxygen atoms in total. The number of urea groups is 1. The summed E-state index contributed by atoms with van der Waals surface area (Å²) in [6.45, 7) is 3.32. The number of hydrogen-bond acceptors (Lipinski definition) is 5. The molecular weight excluding hydrogens is 490 g/mol. The standard InChI is InChI=1S/C31H41N5O3/c1-31(2)29(38)36(30(39)33-31)27-28(37)35(26-13-6-5-12-25(26)32-27)24-17-21-10-7-11-22(18-24)34(21)23-15-19-8-3-4-9-20(14-19)16-23/h5-6,12-13,19-24H,3-4,7-11,14-18H2,1-2H3,(H,33,39)/t19-,20+,21-,22+,23-,24-. The van der Waals surface area contributed by atoms with E-state index in [0.717, 1.165) is 35.1 Å². The van der Waals surface area contributed by atoms with Gasteiger partial charge in [-0.2, -0.15) is 0 Å². The number of fused-ring (bicyclic) bond motifs is 5. The molecule has 0 spiro atoms. The van der Waals surface area contributed by atoms with Crippen LogP contribution in [0.3, 0.4) is 0 Å². The summed E-state index contributed by atoms with van der Waals surface area (Å²) < 4.78 is 1.88. The Balaban J connectivity index is 1.25. The molecule has 4 heterocycles. The van der Waals surface area contributed by atoms with E-state index in [0.29, 0.717) is 23.6 Å². The Hall–Kier alpha value is -2.74. The summed E-state index contributed by atoms with van der Waals surface area (Å²) in [4.78, 5) is 48.6. The van der Waals surface area contributed by atoms with Crippen LogP contribution in [-0.2, 0) is 4.79 Å². The van der Waals surface area contributed by atoms with Crippen LogP contribution in [0.15, 0.2) is 29.1 Å². The molecule has 3 amide bonds. The average molecular weight is 532 g/mol. The van der Waals surface area contributed by atoms with E-state index in [2.05, 4.69) is 15.2 Å². The smallest absolute Gasteiger partial charge is 0.323 e. The summed E-state index contributed by atoms with van der Waals surface area (Å²) in [5.41, 5.74) is 0.0236. The van der Waals surface area contributed by atoms with Crippen molar-refractivity contribution in [1.82, 2.24) is 19.8 Å². The van der Waals surface area contributed by atoms with Gasteiger partial charge in [-0.15, -0.1) is 0 Å². The second kappa shape index (κ2) is 9.43. The lowest BCUT2D eigenvalue weighted by Crippen LogP contribution is -2.58. The van der Waals surface area contributed by atoms with Gasteiger partial charge < -0.3 is 9.88 Å². The molecule has 2 aromatic rings. The number of piperidine rings is 2. The summed E-state index contributed by atoms with van der Waals surface area (Å²) in [6, 6.07) is 8.74. The molecule has 8 heteroatoms. The van der Waals surface area contributed by atoms with Crippen molar-refractivity contribution in [2.24, 2.45) is 11.8 Å². The highest BCUT2D eigenvalue weighted by atomic mass is 16.2. The van der Waals surface area contributed by atoms with Gasteiger partial charge in [0.2, 0.25) is 5.82 Å². The molecule has 2 aliphatic carbocycles. The zero-order chi connectivity index (χ0) is 26.9. The molecular formula is C31H41N5O3. The van der Waals surface area contributed by atoms with Crippen LogP contribution in [0.5, 0.6) is 0 Å². The first-order chi connectivity index (χ1) is 18.8. The lowest BCUT2D eigenvalue weighted by atomic mass is 9.73. The monoisotopic (exact) mass is 531 g/mol. The van der Waals surface area contributed by atoms with Crippen LogP contribution in [0.4, 0.5) is 10.6 Å². The van der Waals surface area contributed by atoms with Crippen molar-refractivity contribution in [3.05, 3.63) is 34.6 Å². The van der Waals surface area contributed by atoms with Gasteiger partial charge in [0.05, 0.1) is 11.0 Å². The Morgan fingerprint density at radius 1 is 0.795 bits per heavy atom. The van der Waals surface area contributed by atoms with E-state index < -0.39 is 17.5 Å². The third kappa shape index (κ3) is 4.21. The zero-order valence-electron chi connectivity index (χ0n) is 23.3. The van der Waals surface area contributed by atoms with E-state index in [1.165, 1.54) is 64.2 Å². The fourth-order valence-electron chi connectivity index (χ4n) is 8.90. The topological polar surface area (TPSA) is 87.5 Å². The second-order valence-electron chi connectivity index (χ2n) is 13.5. The first-order valence-electron chi connectivity index (χ1n) is 15.3. The quantitative estimate of drug-likeness (QED) is 0.554. The van der Waals surface area contributed by atoms with E-state index >= 15 is 0 Å². The van der Waals surface area contributed by atoms with E-state index in [1.807, 2.05) is 28.8 Å². The van der Waals surface area contributed by atoms with Crippen LogP contribution < -0.4 is 15.8 Å². The maximum atomic E-state index is 14.2. The highest BCUT2D eigenvalue weighted by Crippen LogP contribution is 2.47. The van der Waals surface area contributed by atoms with Gasteiger partial charge in [0, 0.05) is 24.2 Å². The van der Waals surface area contributed by atoms with Gasteiger partial charge in [-0.3, -0.25) is 14.5 Å². The maximum Gasteiger partial charge on any atom is 0.331 e. The van der Waals surface area contributed by atoms with Crippen molar-refractivity contribution in [3.63, 3.8) is 0 Å². The Labute approximate surface area is 230 Å². The first kappa shape index (κ1) is 25.2. The van der Waals surface area contributed by atoms with E-state index in [1.54, 1.807) is 13.8 Å². The van der Waals surface area contributed by atoms with Gasteiger partial charge in [0.25, 0.3) is 11.5 Å². The minimum atomic E-state index is -1.07. The third-order valence-corrected chi connectivity index (χ3v) is 10.5. The predicted molar refractivity (Wildman–Crippen MR) is 151 cm³/mol. The summed E-state index contributed by atoms with van der Waals surface area (Å²) in [6.07, 6.45) is 15.2. The van der Waals surface area contributed by atoms with Gasteiger partial charge in [0.15, 0.2) is 0 Å². The van der Waals surface area contributed by atoms with E-state index in [9.17, 15) is 14.4 Å². The number of nitrogens with zero attached hydrogens (tertiary/aromatic N) is 4. The largest absolute Gasteiger partial charge is 0.331 e. The molecule has 208 valence electrons. The number of hydrogen-bond donors (Lipinski definition) is 1. The normalized spacial score (nSPS) is 34.7.